The summed E-state index contributed by atoms with van der Waals surface area (Å²) in [4.78, 5) is 12.1. The molecule has 0 saturated carbocycles. The summed E-state index contributed by atoms with van der Waals surface area (Å²) in [6.07, 6.45) is -3.74. The van der Waals surface area contributed by atoms with Gasteiger partial charge in [0.15, 0.2) is 0 Å². The standard InChI is InChI=1S/C21H20F3NO5/c22-21(23,24)20(27,18-7-3-9-30-18)11-19(26)25-12-15-4-1-5-16(10-15)13-28-14-17-6-2-8-29-17/h1-10,27H,11-14H2,(H,25,26). The number of carbonyl (C=O) groups is 1. The molecule has 2 heterocycles. The molecule has 0 fully saturated rings. The van der Waals surface area contributed by atoms with Gasteiger partial charge < -0.3 is 24.0 Å². The molecular formula is C21H20F3NO5. The Labute approximate surface area is 170 Å². The molecule has 3 rings (SSSR count). The molecule has 6 nitrogen and oxygen atoms in total. The Morgan fingerprint density at radius 2 is 1.73 bits per heavy atom. The lowest BCUT2D eigenvalue weighted by molar-refractivity contribution is -0.273. The summed E-state index contributed by atoms with van der Waals surface area (Å²) >= 11 is 0. The van der Waals surface area contributed by atoms with Gasteiger partial charge in [0.2, 0.25) is 11.5 Å². The summed E-state index contributed by atoms with van der Waals surface area (Å²) < 4.78 is 55.5. The Morgan fingerprint density at radius 1 is 1.00 bits per heavy atom. The van der Waals surface area contributed by atoms with Gasteiger partial charge in [-0.2, -0.15) is 13.2 Å². The highest BCUT2D eigenvalue weighted by molar-refractivity contribution is 5.77. The molecule has 9 heteroatoms. The number of aliphatic hydroxyl groups is 1. The van der Waals surface area contributed by atoms with Crippen LogP contribution >= 0.6 is 0 Å². The first-order valence-electron chi connectivity index (χ1n) is 9.06. The molecular weight excluding hydrogens is 403 g/mol. The van der Waals surface area contributed by atoms with Crippen molar-refractivity contribution in [2.24, 2.45) is 0 Å². The molecule has 0 radical (unpaired) electrons. The smallest absolute Gasteiger partial charge is 0.425 e. The maximum absolute atomic E-state index is 13.4. The molecule has 1 atom stereocenters. The van der Waals surface area contributed by atoms with Crippen molar-refractivity contribution in [2.45, 2.75) is 38.0 Å². The second kappa shape index (κ2) is 9.19. The summed E-state index contributed by atoms with van der Waals surface area (Å²) in [6.45, 7) is 0.600. The van der Waals surface area contributed by atoms with Gasteiger partial charge in [0.25, 0.3) is 0 Å². The number of nitrogens with one attached hydrogen (secondary N) is 1. The lowest BCUT2D eigenvalue weighted by atomic mass is 9.95. The molecule has 2 aromatic heterocycles. The van der Waals surface area contributed by atoms with Gasteiger partial charge >= 0.3 is 6.18 Å². The van der Waals surface area contributed by atoms with Crippen LogP contribution in [0.25, 0.3) is 0 Å². The van der Waals surface area contributed by atoms with Crippen molar-refractivity contribution < 1.29 is 36.6 Å². The van der Waals surface area contributed by atoms with Crippen molar-refractivity contribution in [3.8, 4) is 0 Å². The fourth-order valence-electron chi connectivity index (χ4n) is 2.83. The van der Waals surface area contributed by atoms with Crippen LogP contribution in [0.2, 0.25) is 0 Å². The molecule has 30 heavy (non-hydrogen) atoms. The lowest BCUT2D eigenvalue weighted by Gasteiger charge is -2.27. The summed E-state index contributed by atoms with van der Waals surface area (Å²) in [5.41, 5.74) is -1.89. The van der Waals surface area contributed by atoms with Gasteiger partial charge in [0, 0.05) is 6.54 Å². The Bertz CT molecular complexity index is 938. The Hall–Kier alpha value is -3.04. The quantitative estimate of drug-likeness (QED) is 0.543. The van der Waals surface area contributed by atoms with Gasteiger partial charge in [-0.25, -0.2) is 0 Å². The fraction of sp³-hybridized carbons (Fsp3) is 0.286. The molecule has 0 bridgehead atoms. The van der Waals surface area contributed by atoms with E-state index in [4.69, 9.17) is 13.6 Å². The largest absolute Gasteiger partial charge is 0.467 e. The van der Waals surface area contributed by atoms with Crippen molar-refractivity contribution in [1.82, 2.24) is 5.32 Å². The maximum atomic E-state index is 13.4. The Morgan fingerprint density at radius 3 is 2.40 bits per heavy atom. The summed E-state index contributed by atoms with van der Waals surface area (Å²) in [6, 6.07) is 12.8. The average molecular weight is 423 g/mol. The first-order chi connectivity index (χ1) is 14.3. The molecule has 1 amide bonds. The van der Waals surface area contributed by atoms with Gasteiger partial charge in [-0.1, -0.05) is 24.3 Å². The van der Waals surface area contributed by atoms with Crippen LogP contribution in [0.3, 0.4) is 0 Å². The number of carbonyl (C=O) groups excluding carboxylic acids is 1. The average Bonchev–Trinajstić information content (AvgIpc) is 3.40. The third-order valence-electron chi connectivity index (χ3n) is 4.39. The number of halogens is 3. The Kier molecular flexibility index (Phi) is 6.63. The van der Waals surface area contributed by atoms with Crippen molar-refractivity contribution >= 4 is 5.91 Å². The molecule has 0 aliphatic carbocycles. The molecule has 1 unspecified atom stereocenters. The van der Waals surface area contributed by atoms with E-state index in [1.165, 1.54) is 6.07 Å². The van der Waals surface area contributed by atoms with Gasteiger partial charge in [-0.05, 0) is 35.4 Å². The zero-order valence-electron chi connectivity index (χ0n) is 15.8. The second-order valence-electron chi connectivity index (χ2n) is 6.68. The van der Waals surface area contributed by atoms with Gasteiger partial charge in [-0.15, -0.1) is 0 Å². The SMILES string of the molecule is O=C(CC(O)(c1ccco1)C(F)(F)F)NCc1cccc(COCc2ccco2)c1. The molecule has 2 N–H and O–H groups in total. The van der Waals surface area contributed by atoms with Crippen molar-refractivity contribution in [1.29, 1.82) is 0 Å². The molecule has 3 aromatic rings. The van der Waals surface area contributed by atoms with E-state index in [9.17, 15) is 23.1 Å². The van der Waals surface area contributed by atoms with Gasteiger partial charge in [0.1, 0.15) is 18.1 Å². The first-order valence-corrected chi connectivity index (χ1v) is 9.06. The number of ether oxygens (including phenoxy) is 1. The van der Waals surface area contributed by atoms with E-state index in [2.05, 4.69) is 5.32 Å². The number of hydrogen-bond acceptors (Lipinski definition) is 5. The van der Waals surface area contributed by atoms with Gasteiger partial charge in [0.05, 0.1) is 25.6 Å². The third-order valence-corrected chi connectivity index (χ3v) is 4.39. The van der Waals surface area contributed by atoms with Crippen LogP contribution in [0, 0.1) is 0 Å². The number of amides is 1. The van der Waals surface area contributed by atoms with Crippen LogP contribution in [-0.4, -0.2) is 17.2 Å². The number of alkyl halides is 3. The zero-order valence-corrected chi connectivity index (χ0v) is 15.8. The topological polar surface area (TPSA) is 84.8 Å². The van der Waals surface area contributed by atoms with Crippen LogP contribution in [0.1, 0.15) is 29.1 Å². The van der Waals surface area contributed by atoms with E-state index >= 15 is 0 Å². The van der Waals surface area contributed by atoms with Crippen LogP contribution in [0.15, 0.2) is 69.9 Å². The predicted molar refractivity (Wildman–Crippen MR) is 98.8 cm³/mol. The zero-order chi connectivity index (χ0) is 21.6. The highest BCUT2D eigenvalue weighted by Crippen LogP contribution is 2.41. The second-order valence-corrected chi connectivity index (χ2v) is 6.68. The van der Waals surface area contributed by atoms with E-state index in [0.717, 1.165) is 17.9 Å². The molecule has 1 aromatic carbocycles. The minimum absolute atomic E-state index is 0.00303. The number of benzene rings is 1. The highest BCUT2D eigenvalue weighted by Gasteiger charge is 2.58. The van der Waals surface area contributed by atoms with Crippen LogP contribution in [-0.2, 0) is 34.9 Å². The molecule has 0 aliphatic heterocycles. The van der Waals surface area contributed by atoms with E-state index in [-0.39, 0.29) is 6.54 Å². The van der Waals surface area contributed by atoms with Crippen molar-refractivity contribution in [3.05, 3.63) is 83.7 Å². The minimum Gasteiger partial charge on any atom is -0.467 e. The normalized spacial score (nSPS) is 13.7. The Balaban J connectivity index is 1.55. The summed E-state index contributed by atoms with van der Waals surface area (Å²) in [7, 11) is 0. The van der Waals surface area contributed by atoms with Gasteiger partial charge in [-0.3, -0.25) is 4.79 Å². The summed E-state index contributed by atoms with van der Waals surface area (Å²) in [5, 5.41) is 12.5. The number of hydrogen-bond donors (Lipinski definition) is 2. The fourth-order valence-corrected chi connectivity index (χ4v) is 2.83. The highest BCUT2D eigenvalue weighted by atomic mass is 19.4. The third kappa shape index (κ3) is 5.31. The van der Waals surface area contributed by atoms with E-state index < -0.39 is 29.9 Å². The van der Waals surface area contributed by atoms with E-state index in [0.29, 0.717) is 24.5 Å². The van der Waals surface area contributed by atoms with E-state index in [1.807, 2.05) is 6.07 Å². The lowest BCUT2D eigenvalue weighted by Crippen LogP contribution is -2.45. The maximum Gasteiger partial charge on any atom is 0.425 e. The van der Waals surface area contributed by atoms with Crippen molar-refractivity contribution in [3.63, 3.8) is 0 Å². The molecule has 0 saturated heterocycles. The molecule has 160 valence electrons. The predicted octanol–water partition coefficient (Wildman–Crippen LogP) is 4.05. The number of furan rings is 2. The van der Waals surface area contributed by atoms with Crippen molar-refractivity contribution in [2.75, 3.05) is 0 Å². The number of rotatable bonds is 9. The van der Waals surface area contributed by atoms with E-state index in [1.54, 1.807) is 36.6 Å². The first kappa shape index (κ1) is 21.7. The monoisotopic (exact) mass is 423 g/mol. The van der Waals surface area contributed by atoms with Crippen LogP contribution in [0.5, 0.6) is 0 Å². The van der Waals surface area contributed by atoms with Crippen LogP contribution < -0.4 is 5.32 Å². The molecule has 0 aliphatic rings. The minimum atomic E-state index is -5.08. The van der Waals surface area contributed by atoms with Crippen LogP contribution in [0.4, 0.5) is 13.2 Å². The summed E-state index contributed by atoms with van der Waals surface area (Å²) in [5.74, 6) is -1.02. The molecule has 0 spiro atoms.